The molecule has 0 radical (unpaired) electrons. The first-order valence-electron chi connectivity index (χ1n) is 8.05. The molecule has 0 bridgehead atoms. The Balaban J connectivity index is 1.46. The highest BCUT2D eigenvalue weighted by Gasteiger charge is 2.07. The van der Waals surface area contributed by atoms with Gasteiger partial charge >= 0.3 is 0 Å². The number of aromatic nitrogens is 3. The summed E-state index contributed by atoms with van der Waals surface area (Å²) in [5.74, 6) is 0.747. The number of fused-ring (bicyclic) bond motifs is 1. The van der Waals surface area contributed by atoms with E-state index in [0.717, 1.165) is 24.5 Å². The van der Waals surface area contributed by atoms with E-state index in [-0.39, 0.29) is 5.91 Å². The third-order valence-corrected chi connectivity index (χ3v) is 3.94. The number of pyridine rings is 1. The Morgan fingerprint density at radius 3 is 2.80 bits per heavy atom. The lowest BCUT2D eigenvalue weighted by molar-refractivity contribution is 0.0949. The second-order valence-corrected chi connectivity index (χ2v) is 5.86. The van der Waals surface area contributed by atoms with Crippen molar-refractivity contribution in [3.63, 3.8) is 0 Å². The molecule has 0 aliphatic heterocycles. The predicted octanol–water partition coefficient (Wildman–Crippen LogP) is 1.60. The number of hydrogen-bond donors (Lipinski definition) is 1. The van der Waals surface area contributed by atoms with Gasteiger partial charge in [-0.05, 0) is 36.9 Å². The fourth-order valence-electron chi connectivity index (χ4n) is 2.55. The number of rotatable bonds is 7. The Morgan fingerprint density at radius 1 is 1.24 bits per heavy atom. The summed E-state index contributed by atoms with van der Waals surface area (Å²) in [4.78, 5) is 14.4. The summed E-state index contributed by atoms with van der Waals surface area (Å²) in [6.45, 7) is 2.14. The largest absolute Gasteiger partial charge is 0.497 e. The summed E-state index contributed by atoms with van der Waals surface area (Å²) in [7, 11) is 3.69. The first kappa shape index (κ1) is 16.9. The lowest BCUT2D eigenvalue weighted by Gasteiger charge is -2.17. The lowest BCUT2D eigenvalue weighted by Crippen LogP contribution is -2.32. The number of hydrogen-bond acceptors (Lipinski definition) is 5. The van der Waals surface area contributed by atoms with Crippen LogP contribution >= 0.6 is 0 Å². The molecule has 1 aromatic carbocycles. The van der Waals surface area contributed by atoms with Crippen molar-refractivity contribution < 1.29 is 9.53 Å². The minimum Gasteiger partial charge on any atom is -0.497 e. The van der Waals surface area contributed by atoms with E-state index in [2.05, 4.69) is 20.4 Å². The van der Waals surface area contributed by atoms with Crippen LogP contribution in [0.15, 0.2) is 48.9 Å². The zero-order valence-corrected chi connectivity index (χ0v) is 14.3. The summed E-state index contributed by atoms with van der Waals surface area (Å²) in [6.07, 6.45) is 3.31. The Labute approximate surface area is 146 Å². The topological polar surface area (TPSA) is 71.8 Å². The van der Waals surface area contributed by atoms with Crippen LogP contribution in [0.1, 0.15) is 15.9 Å². The van der Waals surface area contributed by atoms with E-state index in [4.69, 9.17) is 4.74 Å². The fraction of sp³-hybridized carbons (Fsp3) is 0.278. The Bertz CT molecular complexity index is 844. The molecule has 0 aliphatic rings. The van der Waals surface area contributed by atoms with Crippen LogP contribution in [0.2, 0.25) is 0 Å². The number of amides is 1. The van der Waals surface area contributed by atoms with Crippen LogP contribution in [0, 0.1) is 0 Å². The third kappa shape index (κ3) is 4.33. The zero-order chi connectivity index (χ0) is 17.6. The summed E-state index contributed by atoms with van der Waals surface area (Å²) in [5, 5.41) is 10.7. The molecule has 0 saturated carbocycles. The third-order valence-electron chi connectivity index (χ3n) is 3.94. The lowest BCUT2D eigenvalue weighted by atomic mass is 10.2. The summed E-state index contributed by atoms with van der Waals surface area (Å²) in [5.41, 5.74) is 2.51. The molecule has 25 heavy (non-hydrogen) atoms. The fourth-order valence-corrected chi connectivity index (χ4v) is 2.55. The molecule has 0 atom stereocenters. The minimum absolute atomic E-state index is 0.103. The van der Waals surface area contributed by atoms with Gasteiger partial charge in [-0.15, -0.1) is 10.2 Å². The molecule has 0 saturated heterocycles. The molecule has 0 spiro atoms. The molecule has 0 unspecified atom stereocenters. The smallest absolute Gasteiger partial charge is 0.252 e. The molecule has 7 nitrogen and oxygen atoms in total. The maximum atomic E-state index is 12.2. The molecular weight excluding hydrogens is 318 g/mol. The molecule has 2 heterocycles. The SMILES string of the molecule is COc1ccc(CN(C)CCNC(=O)c2ccc3nncn3c2)cc1. The highest BCUT2D eigenvalue weighted by Crippen LogP contribution is 2.12. The normalized spacial score (nSPS) is 11.0. The standard InChI is InChI=1S/C18H21N5O2/c1-22(11-14-3-6-16(25-2)7-4-14)10-9-19-18(24)15-5-8-17-21-20-13-23(17)12-15/h3-8,12-13H,9-11H2,1-2H3,(H,19,24). The van der Waals surface area contributed by atoms with Gasteiger partial charge in [0.25, 0.3) is 5.91 Å². The van der Waals surface area contributed by atoms with Crippen molar-refractivity contribution in [3.05, 3.63) is 60.0 Å². The van der Waals surface area contributed by atoms with Crippen molar-refractivity contribution in [1.82, 2.24) is 24.8 Å². The molecule has 130 valence electrons. The average molecular weight is 339 g/mol. The van der Waals surface area contributed by atoms with Crippen LogP contribution in [0.3, 0.4) is 0 Å². The maximum Gasteiger partial charge on any atom is 0.252 e. The van der Waals surface area contributed by atoms with Crippen LogP contribution < -0.4 is 10.1 Å². The number of methoxy groups -OCH3 is 1. The van der Waals surface area contributed by atoms with E-state index in [9.17, 15) is 4.79 Å². The van der Waals surface area contributed by atoms with Gasteiger partial charge in [-0.2, -0.15) is 0 Å². The van der Waals surface area contributed by atoms with E-state index < -0.39 is 0 Å². The molecule has 1 N–H and O–H groups in total. The van der Waals surface area contributed by atoms with Gasteiger partial charge in [0.15, 0.2) is 5.65 Å². The Morgan fingerprint density at radius 2 is 2.04 bits per heavy atom. The monoisotopic (exact) mass is 339 g/mol. The van der Waals surface area contributed by atoms with Gasteiger partial charge in [-0.25, -0.2) is 0 Å². The van der Waals surface area contributed by atoms with Gasteiger partial charge in [0, 0.05) is 25.8 Å². The number of nitrogens with one attached hydrogen (secondary N) is 1. The number of ether oxygens (including phenoxy) is 1. The molecule has 7 heteroatoms. The van der Waals surface area contributed by atoms with Crippen LogP contribution in [-0.4, -0.2) is 52.7 Å². The van der Waals surface area contributed by atoms with Crippen molar-refractivity contribution in [2.75, 3.05) is 27.2 Å². The summed E-state index contributed by atoms with van der Waals surface area (Å²) >= 11 is 0. The first-order valence-corrected chi connectivity index (χ1v) is 8.05. The second-order valence-electron chi connectivity index (χ2n) is 5.86. The van der Waals surface area contributed by atoms with Crippen molar-refractivity contribution in [2.45, 2.75) is 6.54 Å². The van der Waals surface area contributed by atoms with Gasteiger partial charge in [0.1, 0.15) is 12.1 Å². The van der Waals surface area contributed by atoms with Crippen LogP contribution in [0.4, 0.5) is 0 Å². The van der Waals surface area contributed by atoms with E-state index in [0.29, 0.717) is 12.1 Å². The number of likely N-dealkylation sites (N-methyl/N-ethyl adjacent to an activating group) is 1. The molecule has 1 amide bonds. The second kappa shape index (κ2) is 7.76. The van der Waals surface area contributed by atoms with Crippen LogP contribution in [0.5, 0.6) is 5.75 Å². The molecule has 0 aliphatic carbocycles. The Kier molecular flexibility index (Phi) is 5.25. The molecule has 2 aromatic heterocycles. The van der Waals surface area contributed by atoms with E-state index in [1.165, 1.54) is 5.56 Å². The molecule has 3 rings (SSSR count). The van der Waals surface area contributed by atoms with Gasteiger partial charge in [-0.1, -0.05) is 12.1 Å². The molecular formula is C18H21N5O2. The number of benzene rings is 1. The summed E-state index contributed by atoms with van der Waals surface area (Å²) < 4.78 is 6.89. The van der Waals surface area contributed by atoms with Crippen LogP contribution in [0.25, 0.3) is 5.65 Å². The number of carbonyl (C=O) groups excluding carboxylic acids is 1. The molecule has 3 aromatic rings. The zero-order valence-electron chi connectivity index (χ0n) is 14.3. The van der Waals surface area contributed by atoms with Gasteiger partial charge in [0.05, 0.1) is 12.7 Å². The van der Waals surface area contributed by atoms with E-state index in [1.807, 2.05) is 31.3 Å². The van der Waals surface area contributed by atoms with Crippen molar-refractivity contribution in [2.24, 2.45) is 0 Å². The highest BCUT2D eigenvalue weighted by molar-refractivity contribution is 5.94. The average Bonchev–Trinajstić information content (AvgIpc) is 3.10. The Hall–Kier alpha value is -2.93. The molecule has 0 fully saturated rings. The van der Waals surface area contributed by atoms with Crippen molar-refractivity contribution in [3.8, 4) is 5.75 Å². The maximum absolute atomic E-state index is 12.2. The van der Waals surface area contributed by atoms with Gasteiger partial charge in [-0.3, -0.25) is 9.20 Å². The predicted molar refractivity (Wildman–Crippen MR) is 94.6 cm³/mol. The van der Waals surface area contributed by atoms with E-state index in [1.54, 1.807) is 36.2 Å². The van der Waals surface area contributed by atoms with Crippen molar-refractivity contribution >= 4 is 11.6 Å². The van der Waals surface area contributed by atoms with Gasteiger partial charge in [0.2, 0.25) is 0 Å². The number of carbonyl (C=O) groups is 1. The number of nitrogens with zero attached hydrogens (tertiary/aromatic N) is 4. The summed E-state index contributed by atoms with van der Waals surface area (Å²) in [6, 6.07) is 11.5. The highest BCUT2D eigenvalue weighted by atomic mass is 16.5. The quantitative estimate of drug-likeness (QED) is 0.708. The van der Waals surface area contributed by atoms with Gasteiger partial charge < -0.3 is 15.0 Å². The van der Waals surface area contributed by atoms with E-state index >= 15 is 0 Å². The minimum atomic E-state index is -0.103. The van der Waals surface area contributed by atoms with Crippen LogP contribution in [-0.2, 0) is 6.54 Å². The van der Waals surface area contributed by atoms with Crippen molar-refractivity contribution in [1.29, 1.82) is 0 Å². The first-order chi connectivity index (χ1) is 12.2.